The lowest BCUT2D eigenvalue weighted by Crippen LogP contribution is -2.28. The second kappa shape index (κ2) is 7.98. The van der Waals surface area contributed by atoms with Crippen molar-refractivity contribution in [3.05, 3.63) is 70.8 Å². The predicted octanol–water partition coefficient (Wildman–Crippen LogP) is 4.66. The number of carbonyl (C=O) groups is 1. The third-order valence-corrected chi connectivity index (χ3v) is 5.41. The molecule has 0 aliphatic carbocycles. The lowest BCUT2D eigenvalue weighted by atomic mass is 9.89. The lowest BCUT2D eigenvalue weighted by Gasteiger charge is -2.30. The van der Waals surface area contributed by atoms with Gasteiger partial charge in [0.2, 0.25) is 5.91 Å². The van der Waals surface area contributed by atoms with E-state index in [4.69, 9.17) is 17.3 Å². The summed E-state index contributed by atoms with van der Waals surface area (Å²) in [7, 11) is 0. The maximum absolute atomic E-state index is 12.2. The molecule has 1 heterocycles. The second-order valence-electron chi connectivity index (χ2n) is 6.25. The summed E-state index contributed by atoms with van der Waals surface area (Å²) in [4.78, 5) is 16.8. The molecule has 0 spiro atoms. The Bertz CT molecular complexity index is 881. The van der Waals surface area contributed by atoms with Crippen LogP contribution >= 0.6 is 23.4 Å². The number of halogens is 1. The molecule has 1 aliphatic heterocycles. The number of nitrogens with two attached hydrogens (primary N) is 1. The minimum atomic E-state index is -0.358. The minimum Gasteiger partial charge on any atom is -0.379 e. The molecule has 4 nitrogen and oxygen atoms in total. The molecule has 0 saturated carbocycles. The Morgan fingerprint density at radius 3 is 2.88 bits per heavy atom. The van der Waals surface area contributed by atoms with Gasteiger partial charge < -0.3 is 11.1 Å². The van der Waals surface area contributed by atoms with Crippen LogP contribution in [-0.4, -0.2) is 16.8 Å². The number of aliphatic imine (C=N–C) groups is 1. The molecule has 0 aromatic heterocycles. The Morgan fingerprint density at radius 1 is 1.31 bits per heavy atom. The van der Waals surface area contributed by atoms with Gasteiger partial charge >= 0.3 is 0 Å². The van der Waals surface area contributed by atoms with Crippen LogP contribution < -0.4 is 11.1 Å². The van der Waals surface area contributed by atoms with Crippen LogP contribution in [0.5, 0.6) is 0 Å². The average Bonchev–Trinajstić information content (AvgIpc) is 2.61. The molecule has 0 saturated heterocycles. The first-order valence-electron chi connectivity index (χ1n) is 8.28. The molecular weight excluding hydrogens is 366 g/mol. The third-order valence-electron chi connectivity index (χ3n) is 4.27. The summed E-state index contributed by atoms with van der Waals surface area (Å²) in [5.74, 6) is 0.720. The number of benzene rings is 2. The molecule has 6 heteroatoms. The van der Waals surface area contributed by atoms with E-state index in [0.717, 1.165) is 29.0 Å². The normalized spacial score (nSPS) is 20.0. The van der Waals surface area contributed by atoms with Crippen molar-refractivity contribution < 1.29 is 4.79 Å². The average molecular weight is 386 g/mol. The molecular formula is C20H20ClN3OS. The molecule has 1 amide bonds. The van der Waals surface area contributed by atoms with Crippen LogP contribution in [0.3, 0.4) is 0 Å². The van der Waals surface area contributed by atoms with Gasteiger partial charge in [-0.1, -0.05) is 53.7 Å². The van der Waals surface area contributed by atoms with Crippen molar-refractivity contribution in [1.29, 1.82) is 0 Å². The number of rotatable bonds is 4. The smallest absolute Gasteiger partial charge is 0.248 e. The summed E-state index contributed by atoms with van der Waals surface area (Å²) in [6, 6.07) is 15.1. The number of amidine groups is 1. The zero-order valence-electron chi connectivity index (χ0n) is 14.4. The van der Waals surface area contributed by atoms with E-state index in [9.17, 15) is 4.79 Å². The number of amides is 1. The number of nitrogens with zero attached hydrogens (tertiary/aromatic N) is 1. The van der Waals surface area contributed by atoms with Crippen molar-refractivity contribution in [2.45, 2.75) is 18.9 Å². The first-order chi connectivity index (χ1) is 12.5. The first-order valence-corrected chi connectivity index (χ1v) is 9.65. The van der Waals surface area contributed by atoms with Gasteiger partial charge in [0, 0.05) is 22.5 Å². The second-order valence-corrected chi connectivity index (χ2v) is 7.77. The highest BCUT2D eigenvalue weighted by molar-refractivity contribution is 8.13. The van der Waals surface area contributed by atoms with Gasteiger partial charge in [-0.2, -0.15) is 0 Å². The number of hydrogen-bond donors (Lipinski definition) is 2. The van der Waals surface area contributed by atoms with Crippen molar-refractivity contribution in [2.75, 3.05) is 11.1 Å². The predicted molar refractivity (Wildman–Crippen MR) is 112 cm³/mol. The van der Waals surface area contributed by atoms with Gasteiger partial charge in [0.05, 0.1) is 5.54 Å². The number of nitrogens with one attached hydrogen (secondary N) is 1. The van der Waals surface area contributed by atoms with Crippen molar-refractivity contribution in [2.24, 2.45) is 10.7 Å². The molecule has 1 aliphatic rings. The van der Waals surface area contributed by atoms with E-state index in [-0.39, 0.29) is 11.4 Å². The Morgan fingerprint density at radius 2 is 2.12 bits per heavy atom. The molecule has 2 aromatic rings. The lowest BCUT2D eigenvalue weighted by molar-refractivity contribution is -0.111. The topological polar surface area (TPSA) is 67.5 Å². The van der Waals surface area contributed by atoms with Crippen LogP contribution in [0.1, 0.15) is 24.5 Å². The summed E-state index contributed by atoms with van der Waals surface area (Å²) in [6.45, 7) is 2.07. The zero-order valence-corrected chi connectivity index (χ0v) is 16.0. The monoisotopic (exact) mass is 385 g/mol. The van der Waals surface area contributed by atoms with Gasteiger partial charge in [-0.25, -0.2) is 0 Å². The van der Waals surface area contributed by atoms with Crippen LogP contribution in [-0.2, 0) is 10.3 Å². The summed E-state index contributed by atoms with van der Waals surface area (Å²) >= 11 is 7.67. The van der Waals surface area contributed by atoms with E-state index >= 15 is 0 Å². The van der Waals surface area contributed by atoms with E-state index in [1.54, 1.807) is 23.9 Å². The maximum Gasteiger partial charge on any atom is 0.248 e. The fraction of sp³-hybridized carbons (Fsp3) is 0.200. The van der Waals surface area contributed by atoms with Crippen LogP contribution in [0.2, 0.25) is 5.02 Å². The summed E-state index contributed by atoms with van der Waals surface area (Å²) in [6.07, 6.45) is 4.08. The summed E-state index contributed by atoms with van der Waals surface area (Å²) in [5.41, 5.74) is 8.10. The third kappa shape index (κ3) is 4.48. The SMILES string of the molecule is CC1(c2cccc(NC(=O)C=Cc3ccccc3Cl)c2)CCSC(N)=N1. The Hall–Kier alpha value is -2.24. The molecule has 134 valence electrons. The van der Waals surface area contributed by atoms with Crippen LogP contribution in [0.25, 0.3) is 6.08 Å². The van der Waals surface area contributed by atoms with Crippen LogP contribution in [0, 0.1) is 0 Å². The molecule has 1 atom stereocenters. The van der Waals surface area contributed by atoms with E-state index in [1.165, 1.54) is 6.08 Å². The number of hydrogen-bond acceptors (Lipinski definition) is 4. The highest BCUT2D eigenvalue weighted by Crippen LogP contribution is 2.35. The Labute approximate surface area is 162 Å². The number of anilines is 1. The van der Waals surface area contributed by atoms with Crippen LogP contribution in [0.4, 0.5) is 5.69 Å². The van der Waals surface area contributed by atoms with Crippen molar-refractivity contribution in [3.63, 3.8) is 0 Å². The van der Waals surface area contributed by atoms with Gasteiger partial charge in [-0.15, -0.1) is 0 Å². The quantitative estimate of drug-likeness (QED) is 0.752. The number of thioether (sulfide) groups is 1. The van der Waals surface area contributed by atoms with E-state index in [1.807, 2.05) is 42.5 Å². The van der Waals surface area contributed by atoms with Crippen LogP contribution in [0.15, 0.2) is 59.6 Å². The highest BCUT2D eigenvalue weighted by Gasteiger charge is 2.29. The summed E-state index contributed by atoms with van der Waals surface area (Å²) in [5, 5.41) is 4.10. The maximum atomic E-state index is 12.2. The molecule has 26 heavy (non-hydrogen) atoms. The van der Waals surface area contributed by atoms with Gasteiger partial charge in [-0.05, 0) is 48.7 Å². The molecule has 0 bridgehead atoms. The zero-order chi connectivity index (χ0) is 18.6. The van der Waals surface area contributed by atoms with E-state index in [0.29, 0.717) is 10.2 Å². The fourth-order valence-corrected chi connectivity index (χ4v) is 3.96. The van der Waals surface area contributed by atoms with Gasteiger partial charge in [0.25, 0.3) is 0 Å². The van der Waals surface area contributed by atoms with Crippen molar-refractivity contribution in [3.8, 4) is 0 Å². The molecule has 0 radical (unpaired) electrons. The van der Waals surface area contributed by atoms with Gasteiger partial charge in [-0.3, -0.25) is 9.79 Å². The largest absolute Gasteiger partial charge is 0.379 e. The Balaban J connectivity index is 1.74. The standard InChI is InChI=1S/C20H20ClN3OS/c1-20(11-12-26-19(22)24-20)15-6-4-7-16(13-15)23-18(25)10-9-14-5-2-3-8-17(14)21/h2-10,13H,11-12H2,1H3,(H2,22,24)(H,23,25). The van der Waals surface area contributed by atoms with Gasteiger partial charge in [0.1, 0.15) is 0 Å². The van der Waals surface area contributed by atoms with Crippen molar-refractivity contribution in [1.82, 2.24) is 0 Å². The molecule has 0 fully saturated rings. The minimum absolute atomic E-state index is 0.213. The highest BCUT2D eigenvalue weighted by atomic mass is 35.5. The van der Waals surface area contributed by atoms with Gasteiger partial charge in [0.15, 0.2) is 5.17 Å². The molecule has 3 rings (SSSR count). The first kappa shape index (κ1) is 18.5. The number of carbonyl (C=O) groups excluding carboxylic acids is 1. The van der Waals surface area contributed by atoms with Crippen molar-refractivity contribution >= 4 is 46.2 Å². The Kier molecular flexibility index (Phi) is 5.69. The molecule has 3 N–H and O–H groups in total. The molecule has 2 aromatic carbocycles. The fourth-order valence-electron chi connectivity index (χ4n) is 2.79. The van der Waals surface area contributed by atoms with E-state index in [2.05, 4.69) is 17.2 Å². The summed E-state index contributed by atoms with van der Waals surface area (Å²) < 4.78 is 0. The molecule has 1 unspecified atom stereocenters. The van der Waals surface area contributed by atoms with E-state index < -0.39 is 0 Å².